The third-order valence-electron chi connectivity index (χ3n) is 7.20. The largest absolute Gasteiger partial charge is 0.383 e. The van der Waals surface area contributed by atoms with E-state index in [1.807, 2.05) is 0 Å². The molecule has 4 nitrogen and oxygen atoms in total. The van der Waals surface area contributed by atoms with E-state index in [4.69, 9.17) is 0 Å². The summed E-state index contributed by atoms with van der Waals surface area (Å²) in [6, 6.07) is 5.56. The monoisotopic (exact) mass is 486 g/mol. The van der Waals surface area contributed by atoms with E-state index in [0.29, 0.717) is 26.1 Å². The fourth-order valence-corrected chi connectivity index (χ4v) is 5.28. The first kappa shape index (κ1) is 25.5. The van der Waals surface area contributed by atoms with Crippen LogP contribution in [0.1, 0.15) is 37.3 Å². The highest BCUT2D eigenvalue weighted by Crippen LogP contribution is 2.43. The number of nitrogens with one attached hydrogen (secondary N) is 1. The number of halogens is 5. The Labute approximate surface area is 196 Å². The number of hydrogen-bond acceptors (Lipinski definition) is 3. The number of aliphatic hydroxyl groups is 1. The first-order chi connectivity index (χ1) is 15.1. The number of rotatable bonds is 3. The second-order valence-electron chi connectivity index (χ2n) is 8.88. The van der Waals surface area contributed by atoms with Crippen LogP contribution >= 0.6 is 12.4 Å². The molecule has 0 radical (unpaired) electrons. The molecular weight excluding hydrogens is 460 g/mol. The number of hydrogen-bond donors (Lipinski definition) is 2. The van der Waals surface area contributed by atoms with Gasteiger partial charge in [-0.2, -0.15) is 0 Å². The van der Waals surface area contributed by atoms with Crippen LogP contribution in [0.2, 0.25) is 0 Å². The highest BCUT2D eigenvalue weighted by Gasteiger charge is 2.51. The van der Waals surface area contributed by atoms with Crippen LogP contribution in [0.4, 0.5) is 17.6 Å². The molecule has 2 fully saturated rings. The van der Waals surface area contributed by atoms with Crippen molar-refractivity contribution in [2.45, 2.75) is 37.8 Å². The topological polar surface area (TPSA) is 52.6 Å². The van der Waals surface area contributed by atoms with Crippen LogP contribution in [-0.4, -0.2) is 41.6 Å². The number of benzene rings is 2. The van der Waals surface area contributed by atoms with E-state index < -0.39 is 46.7 Å². The van der Waals surface area contributed by atoms with E-state index in [0.717, 1.165) is 18.2 Å². The molecule has 33 heavy (non-hydrogen) atoms. The Hall–Kier alpha value is -2.16. The van der Waals surface area contributed by atoms with Crippen molar-refractivity contribution in [1.82, 2.24) is 10.2 Å². The van der Waals surface area contributed by atoms with Gasteiger partial charge in [0.1, 0.15) is 28.9 Å². The minimum absolute atomic E-state index is 0. The average molecular weight is 487 g/mol. The molecule has 0 bridgehead atoms. The Morgan fingerprint density at radius 1 is 1.03 bits per heavy atom. The molecule has 4 rings (SSSR count). The van der Waals surface area contributed by atoms with Gasteiger partial charge in [-0.05, 0) is 37.0 Å². The summed E-state index contributed by atoms with van der Waals surface area (Å²) in [7, 11) is 0. The van der Waals surface area contributed by atoms with Crippen LogP contribution < -0.4 is 5.32 Å². The SMILES string of the molecule is C[C@@H]1N(C(=O)[C@@H]2CNC[C@H]2c2ccc(F)cc2F)CC[C@H](C)[C@@]1(O)c1ccc(F)cc1F.Cl. The third kappa shape index (κ3) is 4.36. The van der Waals surface area contributed by atoms with Crippen LogP contribution in [0, 0.1) is 35.1 Å². The van der Waals surface area contributed by atoms with Gasteiger partial charge in [0.05, 0.1) is 12.0 Å². The summed E-state index contributed by atoms with van der Waals surface area (Å²) in [4.78, 5) is 15.1. The lowest BCUT2D eigenvalue weighted by Gasteiger charge is -2.50. The van der Waals surface area contributed by atoms with Gasteiger partial charge in [-0.15, -0.1) is 12.4 Å². The van der Waals surface area contributed by atoms with E-state index in [-0.39, 0.29) is 35.4 Å². The molecule has 180 valence electrons. The number of likely N-dealkylation sites (tertiary alicyclic amines) is 1. The molecule has 2 aromatic carbocycles. The van der Waals surface area contributed by atoms with E-state index in [1.165, 1.54) is 23.1 Å². The predicted octanol–water partition coefficient (Wildman–Crippen LogP) is 4.11. The number of nitrogens with zero attached hydrogens (tertiary/aromatic N) is 1. The fraction of sp³-hybridized carbons (Fsp3) is 0.458. The molecule has 0 unspecified atom stereocenters. The van der Waals surface area contributed by atoms with Gasteiger partial charge in [0.15, 0.2) is 0 Å². The molecule has 2 saturated heterocycles. The Morgan fingerprint density at radius 3 is 2.30 bits per heavy atom. The summed E-state index contributed by atoms with van der Waals surface area (Å²) < 4.78 is 55.9. The standard InChI is InChI=1S/C24H26F4N2O2.ClH/c1-13-7-8-30(14(2)24(13,32)20-6-4-16(26)10-22(20)28)23(31)19-12-29-11-18(19)17-5-3-15(25)9-21(17)27;/h3-6,9-10,13-14,18-19,29,32H,7-8,11-12H2,1-2H3;1H/t13-,14-,18-,19+,24-;/m0./s1. The molecule has 0 spiro atoms. The van der Waals surface area contributed by atoms with Crippen molar-refractivity contribution in [1.29, 1.82) is 0 Å². The normalized spacial score (nSPS) is 29.6. The van der Waals surface area contributed by atoms with Crippen molar-refractivity contribution < 1.29 is 27.5 Å². The molecule has 2 aliphatic heterocycles. The lowest BCUT2D eigenvalue weighted by molar-refractivity contribution is -0.159. The Bertz CT molecular complexity index is 1040. The molecule has 9 heteroatoms. The second-order valence-corrected chi connectivity index (χ2v) is 8.88. The predicted molar refractivity (Wildman–Crippen MR) is 118 cm³/mol. The van der Waals surface area contributed by atoms with Crippen LogP contribution in [0.3, 0.4) is 0 Å². The third-order valence-corrected chi connectivity index (χ3v) is 7.20. The summed E-state index contributed by atoms with van der Waals surface area (Å²) in [5, 5.41) is 14.7. The summed E-state index contributed by atoms with van der Waals surface area (Å²) >= 11 is 0. The van der Waals surface area contributed by atoms with E-state index in [9.17, 15) is 27.5 Å². The van der Waals surface area contributed by atoms with Crippen molar-refractivity contribution in [3.63, 3.8) is 0 Å². The summed E-state index contributed by atoms with van der Waals surface area (Å²) in [6.45, 7) is 4.43. The van der Waals surface area contributed by atoms with Crippen molar-refractivity contribution in [3.8, 4) is 0 Å². The molecule has 2 aliphatic rings. The van der Waals surface area contributed by atoms with Gasteiger partial charge in [-0.1, -0.05) is 19.1 Å². The molecule has 0 saturated carbocycles. The minimum Gasteiger partial charge on any atom is -0.383 e. The molecule has 0 aromatic heterocycles. The first-order valence-corrected chi connectivity index (χ1v) is 10.8. The molecule has 5 atom stereocenters. The van der Waals surface area contributed by atoms with Crippen molar-refractivity contribution in [2.24, 2.45) is 11.8 Å². The highest BCUT2D eigenvalue weighted by atomic mass is 35.5. The van der Waals surface area contributed by atoms with E-state index in [1.54, 1.807) is 13.8 Å². The van der Waals surface area contributed by atoms with Crippen molar-refractivity contribution in [2.75, 3.05) is 19.6 Å². The molecule has 2 aromatic rings. The lowest BCUT2D eigenvalue weighted by Crippen LogP contribution is -2.60. The molecule has 1 amide bonds. The fourth-order valence-electron chi connectivity index (χ4n) is 5.28. The van der Waals surface area contributed by atoms with Gasteiger partial charge < -0.3 is 15.3 Å². The van der Waals surface area contributed by atoms with Crippen LogP contribution in [-0.2, 0) is 10.4 Å². The minimum atomic E-state index is -1.71. The Kier molecular flexibility index (Phi) is 7.41. The maximum atomic E-state index is 14.6. The highest BCUT2D eigenvalue weighted by molar-refractivity contribution is 5.85. The average Bonchev–Trinajstić information content (AvgIpc) is 3.21. The Morgan fingerprint density at radius 2 is 1.67 bits per heavy atom. The summed E-state index contributed by atoms with van der Waals surface area (Å²) in [6.07, 6.45) is 0.416. The molecule has 0 aliphatic carbocycles. The van der Waals surface area contributed by atoms with Crippen molar-refractivity contribution in [3.05, 3.63) is 70.8 Å². The first-order valence-electron chi connectivity index (χ1n) is 10.8. The van der Waals surface area contributed by atoms with Crippen LogP contribution in [0.5, 0.6) is 0 Å². The van der Waals surface area contributed by atoms with Gasteiger partial charge in [0.25, 0.3) is 0 Å². The summed E-state index contributed by atoms with van der Waals surface area (Å²) in [5.41, 5.74) is -1.51. The van der Waals surface area contributed by atoms with Gasteiger partial charge in [-0.3, -0.25) is 4.79 Å². The van der Waals surface area contributed by atoms with Gasteiger partial charge in [0.2, 0.25) is 5.91 Å². The second kappa shape index (κ2) is 9.60. The molecule has 2 heterocycles. The lowest BCUT2D eigenvalue weighted by atomic mass is 9.71. The van der Waals surface area contributed by atoms with E-state index in [2.05, 4.69) is 5.32 Å². The number of piperidine rings is 1. The number of carbonyl (C=O) groups excluding carboxylic acids is 1. The Balaban J connectivity index is 0.00000306. The smallest absolute Gasteiger partial charge is 0.227 e. The maximum absolute atomic E-state index is 14.6. The van der Waals surface area contributed by atoms with Gasteiger partial charge in [-0.25, -0.2) is 17.6 Å². The van der Waals surface area contributed by atoms with Gasteiger partial charge in [0, 0.05) is 43.2 Å². The van der Waals surface area contributed by atoms with E-state index >= 15 is 0 Å². The van der Waals surface area contributed by atoms with Crippen LogP contribution in [0.15, 0.2) is 36.4 Å². The number of amides is 1. The number of carbonyl (C=O) groups is 1. The maximum Gasteiger partial charge on any atom is 0.227 e. The molecule has 2 N–H and O–H groups in total. The zero-order valence-electron chi connectivity index (χ0n) is 18.3. The zero-order valence-corrected chi connectivity index (χ0v) is 19.1. The zero-order chi connectivity index (χ0) is 23.2. The van der Waals surface area contributed by atoms with Crippen molar-refractivity contribution >= 4 is 18.3 Å². The molecular formula is C24H27ClF4N2O2. The summed E-state index contributed by atoms with van der Waals surface area (Å²) in [5.74, 6) is -4.79. The van der Waals surface area contributed by atoms with Gasteiger partial charge >= 0.3 is 0 Å². The van der Waals surface area contributed by atoms with Crippen LogP contribution in [0.25, 0.3) is 0 Å². The quantitative estimate of drug-likeness (QED) is 0.642.